The molecule has 0 aliphatic heterocycles. The minimum atomic E-state index is -0.493. The third kappa shape index (κ3) is 2.04. The van der Waals surface area contributed by atoms with E-state index >= 15 is 0 Å². The van der Waals surface area contributed by atoms with Gasteiger partial charge in [0, 0.05) is 18.8 Å². The lowest BCUT2D eigenvalue weighted by atomic mass is 10.2. The van der Waals surface area contributed by atoms with Crippen LogP contribution in [0, 0.1) is 0 Å². The van der Waals surface area contributed by atoms with Gasteiger partial charge >= 0.3 is 5.97 Å². The van der Waals surface area contributed by atoms with Gasteiger partial charge in [-0.1, -0.05) is 0 Å². The number of rotatable bonds is 3. The zero-order valence-electron chi connectivity index (χ0n) is 7.48. The van der Waals surface area contributed by atoms with Gasteiger partial charge in [-0.25, -0.2) is 10.7 Å². The monoisotopic (exact) mass is 185 g/mol. The summed E-state index contributed by atoms with van der Waals surface area (Å²) in [5, 5.41) is 3.91. The summed E-state index contributed by atoms with van der Waals surface area (Å²) >= 11 is 0. The van der Waals surface area contributed by atoms with Crippen molar-refractivity contribution in [1.82, 2.24) is 9.78 Å². The number of methoxy groups -OCH3 is 1. The van der Waals surface area contributed by atoms with Crippen LogP contribution in [-0.2, 0) is 23.2 Å². The van der Waals surface area contributed by atoms with Crippen LogP contribution in [0.1, 0.15) is 16.1 Å². The summed E-state index contributed by atoms with van der Waals surface area (Å²) in [4.78, 5) is 15.5. The third-order valence-electron chi connectivity index (χ3n) is 1.52. The van der Waals surface area contributed by atoms with Gasteiger partial charge in [-0.3, -0.25) is 9.52 Å². The Morgan fingerprint density at radius 2 is 2.46 bits per heavy atom. The highest BCUT2D eigenvalue weighted by Crippen LogP contribution is 2.08. The Balaban J connectivity index is 2.96. The lowest BCUT2D eigenvalue weighted by Gasteiger charge is -1.97. The molecule has 0 spiro atoms. The Kier molecular flexibility index (Phi) is 2.99. The second-order valence-electron chi connectivity index (χ2n) is 2.48. The van der Waals surface area contributed by atoms with Crippen LogP contribution in [0.5, 0.6) is 0 Å². The van der Waals surface area contributed by atoms with Crippen LogP contribution in [0.4, 0.5) is 0 Å². The van der Waals surface area contributed by atoms with E-state index in [4.69, 9.17) is 5.90 Å². The highest BCUT2D eigenvalue weighted by Gasteiger charge is 2.15. The number of esters is 1. The van der Waals surface area contributed by atoms with Crippen LogP contribution >= 0.6 is 0 Å². The molecule has 0 amide bonds. The van der Waals surface area contributed by atoms with Crippen LogP contribution in [-0.4, -0.2) is 22.9 Å². The molecule has 6 nitrogen and oxygen atoms in total. The Hall–Kier alpha value is -1.40. The van der Waals surface area contributed by atoms with E-state index in [1.807, 2.05) is 0 Å². The molecule has 0 fully saturated rings. The molecule has 1 heterocycles. The molecule has 13 heavy (non-hydrogen) atoms. The number of aromatic nitrogens is 2. The minimum absolute atomic E-state index is 0.137. The van der Waals surface area contributed by atoms with Gasteiger partial charge < -0.3 is 4.74 Å². The van der Waals surface area contributed by atoms with E-state index in [0.29, 0.717) is 5.56 Å². The van der Waals surface area contributed by atoms with Gasteiger partial charge in [-0.15, -0.1) is 0 Å². The van der Waals surface area contributed by atoms with E-state index in [2.05, 4.69) is 14.7 Å². The van der Waals surface area contributed by atoms with E-state index in [9.17, 15) is 4.79 Å². The SMILES string of the molecule is COC(=O)c1nn(C)cc1CON. The summed E-state index contributed by atoms with van der Waals surface area (Å²) in [5.74, 6) is 4.40. The molecular formula is C7H11N3O3. The largest absolute Gasteiger partial charge is 0.464 e. The Morgan fingerprint density at radius 3 is 3.00 bits per heavy atom. The van der Waals surface area contributed by atoms with Crippen LogP contribution in [0.2, 0.25) is 0 Å². The van der Waals surface area contributed by atoms with E-state index < -0.39 is 5.97 Å². The van der Waals surface area contributed by atoms with Crippen LogP contribution in [0.25, 0.3) is 0 Å². The summed E-state index contributed by atoms with van der Waals surface area (Å²) in [6.45, 7) is 0.137. The zero-order chi connectivity index (χ0) is 9.84. The van der Waals surface area contributed by atoms with Gasteiger partial charge in [0.05, 0.1) is 13.7 Å². The van der Waals surface area contributed by atoms with E-state index in [1.165, 1.54) is 11.8 Å². The first kappa shape index (κ1) is 9.69. The number of hydrogen-bond acceptors (Lipinski definition) is 5. The van der Waals surface area contributed by atoms with Gasteiger partial charge in [0.25, 0.3) is 0 Å². The zero-order valence-corrected chi connectivity index (χ0v) is 7.48. The van der Waals surface area contributed by atoms with Crippen molar-refractivity contribution in [2.75, 3.05) is 7.11 Å². The molecule has 2 N–H and O–H groups in total. The van der Waals surface area contributed by atoms with Gasteiger partial charge in [0.2, 0.25) is 0 Å². The average molecular weight is 185 g/mol. The van der Waals surface area contributed by atoms with E-state index in [1.54, 1.807) is 13.2 Å². The lowest BCUT2D eigenvalue weighted by Crippen LogP contribution is -2.08. The second kappa shape index (κ2) is 4.01. The standard InChI is InChI=1S/C7H11N3O3/c1-10-3-5(4-13-8)6(9-10)7(11)12-2/h3H,4,8H2,1-2H3. The Morgan fingerprint density at radius 1 is 1.77 bits per heavy atom. The number of hydrogen-bond donors (Lipinski definition) is 1. The highest BCUT2D eigenvalue weighted by molar-refractivity contribution is 5.88. The quantitative estimate of drug-likeness (QED) is 0.512. The third-order valence-corrected chi connectivity index (χ3v) is 1.52. The number of nitrogens with zero attached hydrogens (tertiary/aromatic N) is 2. The number of carbonyl (C=O) groups is 1. The molecule has 0 saturated carbocycles. The summed E-state index contributed by atoms with van der Waals surface area (Å²) in [6.07, 6.45) is 1.65. The maximum atomic E-state index is 11.1. The van der Waals surface area contributed by atoms with E-state index in [-0.39, 0.29) is 12.3 Å². The number of aryl methyl sites for hydroxylation is 1. The van der Waals surface area contributed by atoms with Crippen molar-refractivity contribution in [2.45, 2.75) is 6.61 Å². The van der Waals surface area contributed by atoms with Crippen LogP contribution < -0.4 is 5.90 Å². The smallest absolute Gasteiger partial charge is 0.358 e. The first-order chi connectivity index (χ1) is 6.19. The fourth-order valence-corrected chi connectivity index (χ4v) is 1.00. The lowest BCUT2D eigenvalue weighted by molar-refractivity contribution is 0.0585. The summed E-state index contributed by atoms with van der Waals surface area (Å²) in [5.41, 5.74) is 0.840. The normalized spacial score (nSPS) is 10.1. The predicted molar refractivity (Wildman–Crippen MR) is 43.5 cm³/mol. The van der Waals surface area contributed by atoms with Crippen LogP contribution in [0.15, 0.2) is 6.20 Å². The Bertz CT molecular complexity index is 308. The second-order valence-corrected chi connectivity index (χ2v) is 2.48. The number of carbonyl (C=O) groups excluding carboxylic acids is 1. The Labute approximate surface area is 75.2 Å². The molecular weight excluding hydrogens is 174 g/mol. The summed E-state index contributed by atoms with van der Waals surface area (Å²) in [7, 11) is 3.00. The van der Waals surface area contributed by atoms with Gasteiger partial charge in [0.15, 0.2) is 5.69 Å². The van der Waals surface area contributed by atoms with Gasteiger partial charge in [-0.2, -0.15) is 5.10 Å². The highest BCUT2D eigenvalue weighted by atomic mass is 16.6. The van der Waals surface area contributed by atoms with Crippen molar-refractivity contribution in [3.63, 3.8) is 0 Å². The van der Waals surface area contributed by atoms with Crippen molar-refractivity contribution in [3.05, 3.63) is 17.5 Å². The topological polar surface area (TPSA) is 79.4 Å². The molecule has 0 saturated heterocycles. The molecule has 1 rings (SSSR count). The number of ether oxygens (including phenoxy) is 1. The molecule has 1 aromatic heterocycles. The van der Waals surface area contributed by atoms with Crippen molar-refractivity contribution in [2.24, 2.45) is 12.9 Å². The van der Waals surface area contributed by atoms with Gasteiger partial charge in [-0.05, 0) is 0 Å². The number of nitrogens with two attached hydrogens (primary N) is 1. The summed E-state index contributed by atoms with van der Waals surface area (Å²) in [6, 6.07) is 0. The molecule has 0 unspecified atom stereocenters. The van der Waals surface area contributed by atoms with Crippen LogP contribution in [0.3, 0.4) is 0 Å². The summed E-state index contributed by atoms with van der Waals surface area (Å²) < 4.78 is 6.03. The van der Waals surface area contributed by atoms with Crippen molar-refractivity contribution < 1.29 is 14.4 Å². The maximum Gasteiger partial charge on any atom is 0.358 e. The molecule has 0 aliphatic carbocycles. The fraction of sp³-hybridized carbons (Fsp3) is 0.429. The first-order valence-corrected chi connectivity index (χ1v) is 3.61. The van der Waals surface area contributed by atoms with Crippen molar-refractivity contribution in [1.29, 1.82) is 0 Å². The maximum absolute atomic E-state index is 11.1. The molecule has 0 bridgehead atoms. The van der Waals surface area contributed by atoms with Crippen molar-refractivity contribution in [3.8, 4) is 0 Å². The fourth-order valence-electron chi connectivity index (χ4n) is 1.00. The minimum Gasteiger partial charge on any atom is -0.464 e. The van der Waals surface area contributed by atoms with Crippen molar-refractivity contribution >= 4 is 5.97 Å². The molecule has 1 aromatic rings. The molecule has 72 valence electrons. The molecule has 0 aromatic carbocycles. The van der Waals surface area contributed by atoms with Gasteiger partial charge in [0.1, 0.15) is 0 Å². The molecule has 6 heteroatoms. The first-order valence-electron chi connectivity index (χ1n) is 3.61. The molecule has 0 aliphatic rings. The molecule has 0 atom stereocenters. The molecule has 0 radical (unpaired) electrons. The average Bonchev–Trinajstić information content (AvgIpc) is 2.46. The predicted octanol–water partition coefficient (Wildman–Crippen LogP) is -0.403. The van der Waals surface area contributed by atoms with E-state index in [0.717, 1.165) is 0 Å².